The summed E-state index contributed by atoms with van der Waals surface area (Å²) >= 11 is 0. The van der Waals surface area contributed by atoms with Crippen LogP contribution in [0.4, 0.5) is 0 Å². The normalized spacial score (nSPS) is 16.4. The molecule has 29 heavy (non-hydrogen) atoms. The molecule has 0 radical (unpaired) electrons. The van der Waals surface area contributed by atoms with Crippen LogP contribution in [0.25, 0.3) is 22.2 Å². The van der Waals surface area contributed by atoms with Crippen LogP contribution in [0, 0.1) is 6.92 Å². The second-order valence-electron chi connectivity index (χ2n) is 7.51. The fraction of sp³-hybridized carbons (Fsp3) is 0.217. The maximum Gasteiger partial charge on any atom is 0.271 e. The van der Waals surface area contributed by atoms with Crippen molar-refractivity contribution in [2.75, 3.05) is 13.1 Å². The Bertz CT molecular complexity index is 1190. The average Bonchev–Trinajstić information content (AvgIpc) is 3.46. The first-order chi connectivity index (χ1) is 14.2. The van der Waals surface area contributed by atoms with Crippen LogP contribution in [0.15, 0.2) is 61.1 Å². The molecular formula is C23H21N5O. The highest BCUT2D eigenvalue weighted by Gasteiger charge is 2.28. The maximum atomic E-state index is 12.6. The van der Waals surface area contributed by atoms with Gasteiger partial charge in [0.15, 0.2) is 0 Å². The van der Waals surface area contributed by atoms with Crippen molar-refractivity contribution in [3.8, 4) is 11.3 Å². The summed E-state index contributed by atoms with van der Waals surface area (Å²) in [5, 5.41) is 7.76. The number of benzene rings is 1. The van der Waals surface area contributed by atoms with Gasteiger partial charge in [-0.05, 0) is 48.7 Å². The van der Waals surface area contributed by atoms with Gasteiger partial charge in [0.05, 0.1) is 11.2 Å². The number of carbonyl (C=O) groups excluding carboxylic acids is 1. The van der Waals surface area contributed by atoms with Crippen molar-refractivity contribution in [1.29, 1.82) is 0 Å². The zero-order chi connectivity index (χ0) is 19.8. The van der Waals surface area contributed by atoms with Crippen LogP contribution in [-0.4, -0.2) is 44.1 Å². The number of nitrogens with zero attached hydrogens (tertiary/aromatic N) is 4. The molecule has 6 heteroatoms. The van der Waals surface area contributed by atoms with E-state index in [-0.39, 0.29) is 5.91 Å². The van der Waals surface area contributed by atoms with Gasteiger partial charge >= 0.3 is 0 Å². The number of H-pyrrole nitrogens is 1. The summed E-state index contributed by atoms with van der Waals surface area (Å²) in [6.07, 6.45) is 6.25. The van der Waals surface area contributed by atoms with Gasteiger partial charge in [-0.25, -0.2) is 0 Å². The van der Waals surface area contributed by atoms with Crippen LogP contribution in [0.1, 0.15) is 34.0 Å². The summed E-state index contributed by atoms with van der Waals surface area (Å²) in [6, 6.07) is 14.2. The number of aryl methyl sites for hydroxylation is 1. The molecule has 144 valence electrons. The molecule has 0 spiro atoms. The number of aromatic amines is 1. The molecule has 1 atom stereocenters. The third-order valence-electron chi connectivity index (χ3n) is 5.71. The van der Waals surface area contributed by atoms with E-state index in [2.05, 4.69) is 57.4 Å². The molecule has 1 amide bonds. The molecule has 4 aromatic rings. The van der Waals surface area contributed by atoms with Crippen LogP contribution in [0.3, 0.4) is 0 Å². The van der Waals surface area contributed by atoms with Crippen molar-refractivity contribution >= 4 is 16.8 Å². The predicted octanol–water partition coefficient (Wildman–Crippen LogP) is 3.96. The van der Waals surface area contributed by atoms with Crippen molar-refractivity contribution in [2.24, 2.45) is 0 Å². The first-order valence-corrected chi connectivity index (χ1v) is 9.80. The highest BCUT2D eigenvalue weighted by molar-refractivity contribution is 5.95. The highest BCUT2D eigenvalue weighted by atomic mass is 16.2. The van der Waals surface area contributed by atoms with Gasteiger partial charge in [-0.15, -0.1) is 0 Å². The molecule has 5 rings (SSSR count). The first kappa shape index (κ1) is 17.6. The van der Waals surface area contributed by atoms with Crippen LogP contribution in [0.2, 0.25) is 0 Å². The standard InChI is InChI=1S/C23H21N5O/c1-15-4-5-18(19-3-2-9-25-22(15)19)21-13-16(6-10-24-21)17-8-12-28(14-17)23(29)20-7-11-26-27-20/h2-7,9-11,13,17H,8,12,14H2,1H3,(H,26,27). The van der Waals surface area contributed by atoms with Crippen molar-refractivity contribution in [2.45, 2.75) is 19.3 Å². The lowest BCUT2D eigenvalue weighted by molar-refractivity contribution is 0.0785. The molecule has 1 N–H and O–H groups in total. The molecule has 0 aliphatic carbocycles. The van der Waals surface area contributed by atoms with E-state index in [4.69, 9.17) is 0 Å². The summed E-state index contributed by atoms with van der Waals surface area (Å²) < 4.78 is 0. The minimum atomic E-state index is 0.00915. The summed E-state index contributed by atoms with van der Waals surface area (Å²) in [6.45, 7) is 3.53. The number of aromatic nitrogens is 4. The van der Waals surface area contributed by atoms with Crippen molar-refractivity contribution in [3.05, 3.63) is 77.9 Å². The third kappa shape index (κ3) is 3.16. The second kappa shape index (κ2) is 7.13. The molecule has 1 aliphatic rings. The molecule has 1 aliphatic heterocycles. The van der Waals surface area contributed by atoms with Gasteiger partial charge in [0.2, 0.25) is 0 Å². The number of likely N-dealkylation sites (tertiary alicyclic amines) is 1. The number of pyridine rings is 2. The largest absolute Gasteiger partial charge is 0.337 e. The molecule has 4 heterocycles. The SMILES string of the molecule is Cc1ccc(-c2cc(C3CCN(C(=O)c4ccn[nH]4)C3)ccn2)c2cccnc12. The van der Waals surface area contributed by atoms with E-state index < -0.39 is 0 Å². The molecule has 1 aromatic carbocycles. The Morgan fingerprint density at radius 3 is 2.90 bits per heavy atom. The Morgan fingerprint density at radius 2 is 2.03 bits per heavy atom. The summed E-state index contributed by atoms with van der Waals surface area (Å²) in [7, 11) is 0. The maximum absolute atomic E-state index is 12.6. The Morgan fingerprint density at radius 1 is 1.10 bits per heavy atom. The zero-order valence-corrected chi connectivity index (χ0v) is 16.2. The number of rotatable bonds is 3. The first-order valence-electron chi connectivity index (χ1n) is 9.80. The molecule has 3 aromatic heterocycles. The smallest absolute Gasteiger partial charge is 0.271 e. The number of fused-ring (bicyclic) bond motifs is 1. The monoisotopic (exact) mass is 383 g/mol. The number of carbonyl (C=O) groups is 1. The molecule has 1 fully saturated rings. The fourth-order valence-corrected chi connectivity index (χ4v) is 4.15. The third-order valence-corrected chi connectivity index (χ3v) is 5.71. The Kier molecular flexibility index (Phi) is 4.31. The van der Waals surface area contributed by atoms with E-state index >= 15 is 0 Å². The molecule has 0 bridgehead atoms. The fourth-order valence-electron chi connectivity index (χ4n) is 4.15. The van der Waals surface area contributed by atoms with E-state index in [0.29, 0.717) is 18.2 Å². The number of nitrogens with one attached hydrogen (secondary N) is 1. The van der Waals surface area contributed by atoms with Gasteiger partial charge < -0.3 is 4.90 Å². The Labute approximate surface area is 168 Å². The Hall–Kier alpha value is -3.54. The number of hydrogen-bond acceptors (Lipinski definition) is 4. The van der Waals surface area contributed by atoms with Crippen LogP contribution in [-0.2, 0) is 0 Å². The highest BCUT2D eigenvalue weighted by Crippen LogP contribution is 2.32. The lowest BCUT2D eigenvalue weighted by Crippen LogP contribution is -2.28. The minimum absolute atomic E-state index is 0.00915. The predicted molar refractivity (Wildman–Crippen MR) is 112 cm³/mol. The molecule has 1 saturated heterocycles. The van der Waals surface area contributed by atoms with E-state index in [1.165, 1.54) is 5.56 Å². The summed E-state index contributed by atoms with van der Waals surface area (Å²) in [5.74, 6) is 0.313. The van der Waals surface area contributed by atoms with Crippen molar-refractivity contribution < 1.29 is 4.79 Å². The number of amides is 1. The molecule has 6 nitrogen and oxygen atoms in total. The molecule has 0 saturated carbocycles. The van der Waals surface area contributed by atoms with Gasteiger partial charge in [-0.3, -0.25) is 19.9 Å². The van der Waals surface area contributed by atoms with Gasteiger partial charge in [-0.1, -0.05) is 18.2 Å². The van der Waals surface area contributed by atoms with Gasteiger partial charge in [0, 0.05) is 48.5 Å². The number of hydrogen-bond donors (Lipinski definition) is 1. The minimum Gasteiger partial charge on any atom is -0.337 e. The van der Waals surface area contributed by atoms with E-state index in [9.17, 15) is 4.79 Å². The Balaban J connectivity index is 1.44. The van der Waals surface area contributed by atoms with Crippen molar-refractivity contribution in [3.63, 3.8) is 0 Å². The summed E-state index contributed by atoms with van der Waals surface area (Å²) in [5.41, 5.74) is 5.95. The summed E-state index contributed by atoms with van der Waals surface area (Å²) in [4.78, 5) is 23.7. The van der Waals surface area contributed by atoms with Crippen LogP contribution < -0.4 is 0 Å². The zero-order valence-electron chi connectivity index (χ0n) is 16.2. The van der Waals surface area contributed by atoms with Crippen LogP contribution >= 0.6 is 0 Å². The van der Waals surface area contributed by atoms with Crippen LogP contribution in [0.5, 0.6) is 0 Å². The van der Waals surface area contributed by atoms with E-state index in [1.54, 1.807) is 12.3 Å². The molecular weight excluding hydrogens is 362 g/mol. The quantitative estimate of drug-likeness (QED) is 0.581. The van der Waals surface area contributed by atoms with Gasteiger partial charge in [0.1, 0.15) is 5.69 Å². The lowest BCUT2D eigenvalue weighted by atomic mass is 9.96. The lowest BCUT2D eigenvalue weighted by Gasteiger charge is -2.16. The van der Waals surface area contributed by atoms with Gasteiger partial charge in [-0.2, -0.15) is 5.10 Å². The molecule has 1 unspecified atom stereocenters. The van der Waals surface area contributed by atoms with E-state index in [1.807, 2.05) is 23.4 Å². The topological polar surface area (TPSA) is 74.8 Å². The second-order valence-corrected chi connectivity index (χ2v) is 7.51. The van der Waals surface area contributed by atoms with Crippen molar-refractivity contribution in [1.82, 2.24) is 25.1 Å². The average molecular weight is 383 g/mol. The van der Waals surface area contributed by atoms with Gasteiger partial charge in [0.25, 0.3) is 5.91 Å². The van der Waals surface area contributed by atoms with E-state index in [0.717, 1.165) is 40.7 Å².